The van der Waals surface area contributed by atoms with Crippen molar-refractivity contribution in [3.05, 3.63) is 0 Å². The van der Waals surface area contributed by atoms with Gasteiger partial charge < -0.3 is 15.4 Å². The molecule has 2 unspecified atom stereocenters. The zero-order valence-electron chi connectivity index (χ0n) is 12.3. The van der Waals surface area contributed by atoms with E-state index in [1.165, 1.54) is 38.5 Å². The van der Waals surface area contributed by atoms with E-state index in [9.17, 15) is 4.79 Å². The van der Waals surface area contributed by atoms with Gasteiger partial charge in [0.15, 0.2) is 0 Å². The lowest BCUT2D eigenvalue weighted by molar-refractivity contribution is -0.129. The fourth-order valence-corrected chi connectivity index (χ4v) is 3.76. The monoisotopic (exact) mass is 302 g/mol. The maximum Gasteiger partial charge on any atom is 0.240 e. The van der Waals surface area contributed by atoms with Crippen LogP contribution in [0.15, 0.2) is 0 Å². The minimum atomic E-state index is -0.165. The van der Waals surface area contributed by atoms with Gasteiger partial charge in [-0.05, 0) is 25.2 Å². The van der Waals surface area contributed by atoms with Crippen molar-refractivity contribution in [2.24, 2.45) is 11.8 Å². The average molecular weight is 303 g/mol. The molecule has 1 amide bonds. The van der Waals surface area contributed by atoms with Crippen LogP contribution in [-0.4, -0.2) is 37.2 Å². The molecule has 0 aromatic carbocycles. The molecule has 2 saturated carbocycles. The number of carbonyl (C=O) groups is 1. The summed E-state index contributed by atoms with van der Waals surface area (Å²) < 4.78 is 5.53. The summed E-state index contributed by atoms with van der Waals surface area (Å²) in [5.41, 5.74) is 0. The molecule has 0 bridgehead atoms. The number of hydrogen-bond acceptors (Lipinski definition) is 3. The highest BCUT2D eigenvalue weighted by molar-refractivity contribution is 5.85. The molecule has 1 aliphatic heterocycles. The summed E-state index contributed by atoms with van der Waals surface area (Å²) >= 11 is 0. The predicted molar refractivity (Wildman–Crippen MR) is 81.1 cm³/mol. The first-order valence-corrected chi connectivity index (χ1v) is 7.91. The van der Waals surface area contributed by atoms with Gasteiger partial charge in [-0.2, -0.15) is 0 Å². The number of amides is 1. The molecule has 0 spiro atoms. The van der Waals surface area contributed by atoms with Crippen LogP contribution in [-0.2, 0) is 9.53 Å². The molecule has 5 heteroatoms. The molecule has 2 aliphatic carbocycles. The summed E-state index contributed by atoms with van der Waals surface area (Å²) in [5, 5.41) is 6.48. The van der Waals surface area contributed by atoms with Crippen molar-refractivity contribution in [1.29, 1.82) is 0 Å². The van der Waals surface area contributed by atoms with Crippen LogP contribution < -0.4 is 10.6 Å². The van der Waals surface area contributed by atoms with Gasteiger partial charge in [-0.15, -0.1) is 12.4 Å². The third kappa shape index (κ3) is 3.66. The van der Waals surface area contributed by atoms with Crippen molar-refractivity contribution in [3.8, 4) is 0 Å². The number of rotatable bonds is 3. The largest absolute Gasteiger partial charge is 0.375 e. The normalized spacial score (nSPS) is 37.9. The van der Waals surface area contributed by atoms with E-state index in [0.29, 0.717) is 12.6 Å². The maximum absolute atomic E-state index is 12.2. The maximum atomic E-state index is 12.2. The lowest BCUT2D eigenvalue weighted by Gasteiger charge is -2.29. The molecule has 0 aromatic rings. The predicted octanol–water partition coefficient (Wildman–Crippen LogP) is 1.87. The molecule has 4 nitrogen and oxygen atoms in total. The molecular formula is C15H27ClN2O2. The van der Waals surface area contributed by atoms with Gasteiger partial charge in [-0.25, -0.2) is 0 Å². The zero-order chi connectivity index (χ0) is 13.2. The van der Waals surface area contributed by atoms with Crippen molar-refractivity contribution < 1.29 is 9.53 Å². The van der Waals surface area contributed by atoms with Crippen LogP contribution in [0.4, 0.5) is 0 Å². The Hall–Kier alpha value is -0.320. The summed E-state index contributed by atoms with van der Waals surface area (Å²) in [7, 11) is 0. The number of ether oxygens (including phenoxy) is 1. The summed E-state index contributed by atoms with van der Waals surface area (Å²) in [6, 6.07) is 0.271. The number of nitrogens with one attached hydrogen (secondary N) is 2. The Bertz CT molecular complexity index is 334. The Kier molecular flexibility index (Phi) is 5.70. The van der Waals surface area contributed by atoms with Crippen LogP contribution in [0.2, 0.25) is 0 Å². The molecule has 3 fully saturated rings. The highest BCUT2D eigenvalue weighted by atomic mass is 35.5. The third-order valence-electron chi connectivity index (χ3n) is 5.02. The van der Waals surface area contributed by atoms with Crippen molar-refractivity contribution in [3.63, 3.8) is 0 Å². The minimum Gasteiger partial charge on any atom is -0.375 e. The van der Waals surface area contributed by atoms with Gasteiger partial charge in [0.05, 0.1) is 12.7 Å². The van der Waals surface area contributed by atoms with Gasteiger partial charge in [0.25, 0.3) is 0 Å². The molecule has 1 saturated heterocycles. The van der Waals surface area contributed by atoms with Gasteiger partial charge >= 0.3 is 0 Å². The first kappa shape index (κ1) is 16.1. The second kappa shape index (κ2) is 7.10. The first-order chi connectivity index (χ1) is 9.25. The van der Waals surface area contributed by atoms with Crippen molar-refractivity contribution in [2.75, 3.05) is 13.2 Å². The summed E-state index contributed by atoms with van der Waals surface area (Å²) in [5.74, 6) is 1.76. The molecule has 2 N–H and O–H groups in total. The molecule has 116 valence electrons. The first-order valence-electron chi connectivity index (χ1n) is 7.91. The molecule has 20 heavy (non-hydrogen) atoms. The van der Waals surface area contributed by atoms with Gasteiger partial charge in [-0.1, -0.05) is 32.1 Å². The van der Waals surface area contributed by atoms with Crippen LogP contribution >= 0.6 is 12.4 Å². The number of halogens is 1. The molecule has 3 aliphatic rings. The van der Waals surface area contributed by atoms with Crippen LogP contribution in [0.5, 0.6) is 0 Å². The van der Waals surface area contributed by atoms with Gasteiger partial charge in [0.1, 0.15) is 6.04 Å². The number of morpholine rings is 1. The van der Waals surface area contributed by atoms with Gasteiger partial charge in [-0.3, -0.25) is 4.79 Å². The fourth-order valence-electron chi connectivity index (χ4n) is 3.76. The van der Waals surface area contributed by atoms with Gasteiger partial charge in [0, 0.05) is 12.6 Å². The molecule has 4 atom stereocenters. The number of hydrogen-bond donors (Lipinski definition) is 2. The van der Waals surface area contributed by atoms with E-state index in [-0.39, 0.29) is 30.5 Å². The molecule has 0 radical (unpaired) electrons. The summed E-state index contributed by atoms with van der Waals surface area (Å²) in [4.78, 5) is 12.2. The Labute approximate surface area is 127 Å². The second-order valence-corrected chi connectivity index (χ2v) is 6.42. The summed E-state index contributed by atoms with van der Waals surface area (Å²) in [6.07, 6.45) is 8.10. The average Bonchev–Trinajstić information content (AvgIpc) is 3.19. The Balaban J connectivity index is 0.00000147. The van der Waals surface area contributed by atoms with Crippen molar-refractivity contribution in [2.45, 2.75) is 63.6 Å². The quantitative estimate of drug-likeness (QED) is 0.837. The van der Waals surface area contributed by atoms with E-state index in [1.807, 2.05) is 6.92 Å². The standard InChI is InChI=1S/C15H26N2O2.ClH/c1-10-14(16-7-8-19-10)15(18)17-13-9-12(13)11-5-3-2-4-6-11;/h10-14,16H,2-9H2,1H3,(H,17,18);1H/t10-,12?,13?,14+;/m1./s1. The molecule has 3 rings (SSSR count). The Morgan fingerprint density at radius 1 is 1.25 bits per heavy atom. The Morgan fingerprint density at radius 3 is 2.70 bits per heavy atom. The molecule has 0 aromatic heterocycles. The number of carbonyl (C=O) groups excluding carboxylic acids is 1. The second-order valence-electron chi connectivity index (χ2n) is 6.42. The highest BCUT2D eigenvalue weighted by Gasteiger charge is 2.44. The molecule has 1 heterocycles. The van der Waals surface area contributed by atoms with Gasteiger partial charge in [0.2, 0.25) is 5.91 Å². The van der Waals surface area contributed by atoms with Crippen LogP contribution in [0.1, 0.15) is 45.4 Å². The van der Waals surface area contributed by atoms with Crippen LogP contribution in [0.3, 0.4) is 0 Å². The van der Waals surface area contributed by atoms with E-state index in [4.69, 9.17) is 4.74 Å². The van der Waals surface area contributed by atoms with E-state index in [2.05, 4.69) is 10.6 Å². The van der Waals surface area contributed by atoms with E-state index < -0.39 is 0 Å². The van der Waals surface area contributed by atoms with E-state index >= 15 is 0 Å². The van der Waals surface area contributed by atoms with Crippen molar-refractivity contribution in [1.82, 2.24) is 10.6 Å². The topological polar surface area (TPSA) is 50.4 Å². The summed E-state index contributed by atoms with van der Waals surface area (Å²) in [6.45, 7) is 3.46. The highest BCUT2D eigenvalue weighted by Crippen LogP contribution is 2.44. The van der Waals surface area contributed by atoms with Crippen LogP contribution in [0.25, 0.3) is 0 Å². The van der Waals surface area contributed by atoms with E-state index in [1.54, 1.807) is 0 Å². The lowest BCUT2D eigenvalue weighted by Crippen LogP contribution is -2.56. The third-order valence-corrected chi connectivity index (χ3v) is 5.02. The molecular weight excluding hydrogens is 276 g/mol. The fraction of sp³-hybridized carbons (Fsp3) is 0.933. The van der Waals surface area contributed by atoms with E-state index in [0.717, 1.165) is 18.4 Å². The zero-order valence-corrected chi connectivity index (χ0v) is 13.1. The smallest absolute Gasteiger partial charge is 0.240 e. The lowest BCUT2D eigenvalue weighted by atomic mass is 9.85. The minimum absolute atomic E-state index is 0. The van der Waals surface area contributed by atoms with Crippen molar-refractivity contribution >= 4 is 18.3 Å². The van der Waals surface area contributed by atoms with Crippen LogP contribution in [0, 0.1) is 11.8 Å². The SMILES string of the molecule is C[C@H]1OCCN[C@@H]1C(=O)NC1CC1C1CCCCC1.Cl. The Morgan fingerprint density at radius 2 is 2.00 bits per heavy atom.